The first-order valence-electron chi connectivity index (χ1n) is 12.0. The highest BCUT2D eigenvalue weighted by Crippen LogP contribution is 2.29. The molecule has 0 radical (unpaired) electrons. The molecule has 0 saturated heterocycles. The number of fused-ring (bicyclic) bond motifs is 1. The average molecular weight is 490 g/mol. The summed E-state index contributed by atoms with van der Waals surface area (Å²) in [4.78, 5) is 43.4. The molecule has 1 amide bonds. The lowest BCUT2D eigenvalue weighted by atomic mass is 10.1. The van der Waals surface area contributed by atoms with Gasteiger partial charge < -0.3 is 4.90 Å². The van der Waals surface area contributed by atoms with E-state index in [1.807, 2.05) is 82.3 Å². The Bertz CT molecular complexity index is 1480. The molecule has 35 heavy (non-hydrogen) atoms. The number of aromatic nitrogens is 2. The quantitative estimate of drug-likeness (QED) is 0.363. The van der Waals surface area contributed by atoms with Crippen LogP contribution in [-0.4, -0.2) is 33.0 Å². The topological polar surface area (TPSA) is 64.3 Å². The third kappa shape index (κ3) is 4.86. The van der Waals surface area contributed by atoms with Gasteiger partial charge in [-0.2, -0.15) is 0 Å². The molecule has 0 saturated carbocycles. The normalized spacial score (nSPS) is 11.2. The molecule has 2 heterocycles. The molecule has 7 heteroatoms. The van der Waals surface area contributed by atoms with Crippen LogP contribution in [0.5, 0.6) is 0 Å². The summed E-state index contributed by atoms with van der Waals surface area (Å²) in [7, 11) is 0. The van der Waals surface area contributed by atoms with Gasteiger partial charge in [0.2, 0.25) is 0 Å². The van der Waals surface area contributed by atoms with Crippen molar-refractivity contribution in [2.45, 2.75) is 47.2 Å². The number of rotatable bonds is 8. The Morgan fingerprint density at radius 3 is 2.26 bits per heavy atom. The highest BCUT2D eigenvalue weighted by atomic mass is 32.1. The molecule has 0 spiro atoms. The second-order valence-electron chi connectivity index (χ2n) is 8.76. The maximum absolute atomic E-state index is 13.7. The Morgan fingerprint density at radius 1 is 0.914 bits per heavy atom. The summed E-state index contributed by atoms with van der Waals surface area (Å²) in [5.41, 5.74) is 3.12. The molecule has 0 fully saturated rings. The SMILES string of the molecule is CCN(CC)C(=O)c1sc2c(c1C)c(=O)n(CCc1ccccc1)c(=O)n2Cc1cccc(C)c1. The Morgan fingerprint density at radius 2 is 1.60 bits per heavy atom. The molecule has 0 aliphatic heterocycles. The van der Waals surface area contributed by atoms with Crippen molar-refractivity contribution < 1.29 is 4.79 Å². The second kappa shape index (κ2) is 10.4. The van der Waals surface area contributed by atoms with E-state index in [0.29, 0.717) is 46.7 Å². The molecule has 0 aliphatic rings. The summed E-state index contributed by atoms with van der Waals surface area (Å²) in [6.07, 6.45) is 0.570. The standard InChI is InChI=1S/C28H31N3O3S/c1-5-29(6-2)26(33)24-20(4)23-25(32)30(16-15-21-12-8-7-9-13-21)28(34)31(27(23)35-24)18-22-14-10-11-19(3)17-22/h7-14,17H,5-6,15-16,18H2,1-4H3. The lowest BCUT2D eigenvalue weighted by molar-refractivity contribution is 0.0777. The van der Waals surface area contributed by atoms with Crippen molar-refractivity contribution in [3.05, 3.63) is 103 Å². The summed E-state index contributed by atoms with van der Waals surface area (Å²) in [5.74, 6) is -0.0986. The van der Waals surface area contributed by atoms with Gasteiger partial charge in [0.1, 0.15) is 4.83 Å². The molecule has 0 unspecified atom stereocenters. The first-order chi connectivity index (χ1) is 16.8. The van der Waals surface area contributed by atoms with Gasteiger partial charge in [0, 0.05) is 19.6 Å². The molecule has 4 aromatic rings. The summed E-state index contributed by atoms with van der Waals surface area (Å²) in [6.45, 7) is 9.49. The number of carbonyl (C=O) groups excluding carboxylic acids is 1. The van der Waals surface area contributed by atoms with Crippen molar-refractivity contribution in [2.75, 3.05) is 13.1 Å². The van der Waals surface area contributed by atoms with Crippen LogP contribution in [0.1, 0.15) is 45.8 Å². The smallest absolute Gasteiger partial charge is 0.332 e. The van der Waals surface area contributed by atoms with Crippen molar-refractivity contribution >= 4 is 27.5 Å². The molecule has 2 aromatic carbocycles. The zero-order valence-electron chi connectivity index (χ0n) is 20.7. The number of aryl methyl sites for hydroxylation is 3. The molecular formula is C28H31N3O3S. The van der Waals surface area contributed by atoms with E-state index in [1.165, 1.54) is 15.9 Å². The number of carbonyl (C=O) groups is 1. The second-order valence-corrected chi connectivity index (χ2v) is 9.76. The van der Waals surface area contributed by atoms with Gasteiger partial charge in [0.15, 0.2) is 0 Å². The summed E-state index contributed by atoms with van der Waals surface area (Å²) in [5, 5.41) is 0.464. The highest BCUT2D eigenvalue weighted by Gasteiger charge is 2.25. The third-order valence-electron chi connectivity index (χ3n) is 6.43. The summed E-state index contributed by atoms with van der Waals surface area (Å²) >= 11 is 1.25. The minimum atomic E-state index is -0.344. The summed E-state index contributed by atoms with van der Waals surface area (Å²) in [6, 6.07) is 17.8. The molecular weight excluding hydrogens is 458 g/mol. The van der Waals surface area contributed by atoms with Gasteiger partial charge in [0.25, 0.3) is 11.5 Å². The van der Waals surface area contributed by atoms with Crippen LogP contribution in [0.4, 0.5) is 0 Å². The minimum Gasteiger partial charge on any atom is -0.338 e. The fourth-order valence-electron chi connectivity index (χ4n) is 4.47. The zero-order valence-corrected chi connectivity index (χ0v) is 21.5. The fourth-order valence-corrected chi connectivity index (χ4v) is 5.73. The van der Waals surface area contributed by atoms with E-state index in [2.05, 4.69) is 0 Å². The molecule has 2 aromatic heterocycles. The van der Waals surface area contributed by atoms with Gasteiger partial charge >= 0.3 is 5.69 Å². The molecule has 4 rings (SSSR count). The van der Waals surface area contributed by atoms with Crippen LogP contribution in [0, 0.1) is 13.8 Å². The maximum Gasteiger partial charge on any atom is 0.332 e. The van der Waals surface area contributed by atoms with Crippen molar-refractivity contribution in [1.29, 1.82) is 0 Å². The van der Waals surface area contributed by atoms with E-state index in [1.54, 1.807) is 9.47 Å². The molecule has 0 aliphatic carbocycles. The zero-order chi connectivity index (χ0) is 25.1. The molecule has 6 nitrogen and oxygen atoms in total. The predicted octanol–water partition coefficient (Wildman–Crippen LogP) is 4.61. The minimum absolute atomic E-state index is 0.0986. The fraction of sp³-hybridized carbons (Fsp3) is 0.321. The first-order valence-corrected chi connectivity index (χ1v) is 12.8. The number of thiophene rings is 1. The van der Waals surface area contributed by atoms with E-state index in [9.17, 15) is 14.4 Å². The monoisotopic (exact) mass is 489 g/mol. The Labute approximate surface area is 209 Å². The molecule has 0 N–H and O–H groups in total. The van der Waals surface area contributed by atoms with Gasteiger partial charge in [-0.3, -0.25) is 18.7 Å². The molecule has 182 valence electrons. The summed E-state index contributed by atoms with van der Waals surface area (Å²) < 4.78 is 2.99. The Hall–Kier alpha value is -3.45. The average Bonchev–Trinajstić information content (AvgIpc) is 3.20. The van der Waals surface area contributed by atoms with Crippen molar-refractivity contribution in [1.82, 2.24) is 14.0 Å². The third-order valence-corrected chi connectivity index (χ3v) is 7.73. The van der Waals surface area contributed by atoms with Crippen LogP contribution in [0.2, 0.25) is 0 Å². The van der Waals surface area contributed by atoms with Crippen molar-refractivity contribution in [3.8, 4) is 0 Å². The first kappa shape index (κ1) is 24.7. The largest absolute Gasteiger partial charge is 0.338 e. The number of nitrogens with zero attached hydrogens (tertiary/aromatic N) is 3. The van der Waals surface area contributed by atoms with Crippen molar-refractivity contribution in [3.63, 3.8) is 0 Å². The van der Waals surface area contributed by atoms with E-state index in [4.69, 9.17) is 0 Å². The Kier molecular flexibility index (Phi) is 7.36. The van der Waals surface area contributed by atoms with Crippen molar-refractivity contribution in [2.24, 2.45) is 0 Å². The van der Waals surface area contributed by atoms with Gasteiger partial charge in [-0.1, -0.05) is 60.2 Å². The van der Waals surface area contributed by atoms with Crippen LogP contribution in [0.3, 0.4) is 0 Å². The lowest BCUT2D eigenvalue weighted by Gasteiger charge is -2.17. The predicted molar refractivity (Wildman–Crippen MR) is 143 cm³/mol. The van der Waals surface area contributed by atoms with E-state index in [-0.39, 0.29) is 23.7 Å². The van der Waals surface area contributed by atoms with Crippen LogP contribution in [0.15, 0.2) is 64.2 Å². The van der Waals surface area contributed by atoms with E-state index >= 15 is 0 Å². The molecule has 0 atom stereocenters. The molecule has 0 bridgehead atoms. The number of hydrogen-bond donors (Lipinski definition) is 0. The van der Waals surface area contributed by atoms with Crippen LogP contribution in [0.25, 0.3) is 10.2 Å². The van der Waals surface area contributed by atoms with E-state index < -0.39 is 0 Å². The Balaban J connectivity index is 1.91. The van der Waals surface area contributed by atoms with E-state index in [0.717, 1.165) is 16.7 Å². The van der Waals surface area contributed by atoms with Crippen LogP contribution >= 0.6 is 11.3 Å². The lowest BCUT2D eigenvalue weighted by Crippen LogP contribution is -2.40. The maximum atomic E-state index is 13.7. The van der Waals surface area contributed by atoms with Gasteiger partial charge in [0.05, 0.1) is 16.8 Å². The van der Waals surface area contributed by atoms with Gasteiger partial charge in [-0.05, 0) is 50.8 Å². The van der Waals surface area contributed by atoms with Gasteiger partial charge in [-0.25, -0.2) is 4.79 Å². The van der Waals surface area contributed by atoms with Crippen LogP contribution in [-0.2, 0) is 19.5 Å². The van der Waals surface area contributed by atoms with Gasteiger partial charge in [-0.15, -0.1) is 11.3 Å². The van der Waals surface area contributed by atoms with Crippen LogP contribution < -0.4 is 11.2 Å². The number of hydrogen-bond acceptors (Lipinski definition) is 4. The number of amides is 1. The highest BCUT2D eigenvalue weighted by molar-refractivity contribution is 7.20. The number of benzene rings is 2.